The number of carbonyl (C=O) groups excluding carboxylic acids is 1. The number of hydrogen-bond acceptors (Lipinski definition) is 7. The van der Waals surface area contributed by atoms with Gasteiger partial charge in [-0.05, 0) is 25.0 Å². The van der Waals surface area contributed by atoms with Crippen LogP contribution in [0.4, 0.5) is 0 Å². The Labute approximate surface area is 174 Å². The fraction of sp³-hybridized carbons (Fsp3) is 0.286. The van der Waals surface area contributed by atoms with Gasteiger partial charge in [-0.2, -0.15) is 0 Å². The molecule has 30 heavy (non-hydrogen) atoms. The number of nitrogens with zero attached hydrogens (tertiary/aromatic N) is 3. The maximum Gasteiger partial charge on any atom is 0.384 e. The van der Waals surface area contributed by atoms with Crippen LogP contribution in [0.3, 0.4) is 0 Å². The molecule has 9 heteroatoms. The predicted molar refractivity (Wildman–Crippen MR) is 111 cm³/mol. The summed E-state index contributed by atoms with van der Waals surface area (Å²) in [7, 11) is -2.76. The van der Waals surface area contributed by atoms with Crippen molar-refractivity contribution in [3.63, 3.8) is 0 Å². The Kier molecular flexibility index (Phi) is 6.08. The minimum Gasteiger partial charge on any atom is -0.477 e. The van der Waals surface area contributed by atoms with E-state index in [9.17, 15) is 13.2 Å². The summed E-state index contributed by atoms with van der Waals surface area (Å²) < 4.78 is 37.9. The van der Waals surface area contributed by atoms with Gasteiger partial charge in [0.25, 0.3) is 10.0 Å². The van der Waals surface area contributed by atoms with Crippen LogP contribution in [0.2, 0.25) is 0 Å². The Balaban J connectivity index is 2.24. The summed E-state index contributed by atoms with van der Waals surface area (Å²) in [6, 6.07) is 6.47. The first-order chi connectivity index (χ1) is 14.2. The summed E-state index contributed by atoms with van der Waals surface area (Å²) in [5, 5.41) is 0.310. The Morgan fingerprint density at radius 3 is 2.53 bits per heavy atom. The topological polar surface area (TPSA) is 100 Å². The van der Waals surface area contributed by atoms with Gasteiger partial charge < -0.3 is 9.47 Å². The van der Waals surface area contributed by atoms with E-state index in [-0.39, 0.29) is 27.9 Å². The normalized spacial score (nSPS) is 11.2. The molecule has 0 aliphatic carbocycles. The van der Waals surface area contributed by atoms with Crippen LogP contribution in [0.15, 0.2) is 41.7 Å². The molecule has 0 radical (unpaired) electrons. The molecular formula is C21H21N3O5S. The number of aryl methyl sites for hydroxylation is 1. The molecule has 0 amide bonds. The van der Waals surface area contributed by atoms with E-state index in [4.69, 9.17) is 4.74 Å². The molecule has 0 saturated heterocycles. The molecule has 0 unspecified atom stereocenters. The standard InChI is InChI=1S/C21H21N3O5S/c1-14(2)12-29-21-19-16(7-10-18(25)28-4)11-24(20(19)22-13-23-21)30(26,27)17-8-5-15(3)6-9-17/h5-6,8-9,11,13-14H,12H2,1-4H3. The van der Waals surface area contributed by atoms with E-state index in [1.807, 2.05) is 20.8 Å². The molecule has 0 atom stereocenters. The van der Waals surface area contributed by atoms with Crippen molar-refractivity contribution in [3.8, 4) is 17.7 Å². The molecule has 0 spiro atoms. The maximum absolute atomic E-state index is 13.3. The van der Waals surface area contributed by atoms with Crippen molar-refractivity contribution in [1.29, 1.82) is 0 Å². The zero-order valence-corrected chi connectivity index (χ0v) is 17.9. The average molecular weight is 427 g/mol. The fourth-order valence-corrected chi connectivity index (χ4v) is 3.95. The number of methoxy groups -OCH3 is 1. The number of hydrogen-bond donors (Lipinski definition) is 0. The van der Waals surface area contributed by atoms with Crippen molar-refractivity contribution in [3.05, 3.63) is 47.9 Å². The quantitative estimate of drug-likeness (QED) is 0.456. The third-order valence-corrected chi connectivity index (χ3v) is 5.80. The van der Waals surface area contributed by atoms with Crippen molar-refractivity contribution < 1.29 is 22.7 Å². The van der Waals surface area contributed by atoms with Gasteiger partial charge in [-0.15, -0.1) is 0 Å². The Bertz CT molecular complexity index is 1250. The number of benzene rings is 1. The molecule has 0 fully saturated rings. The molecule has 3 rings (SSSR count). The van der Waals surface area contributed by atoms with Gasteiger partial charge in [0.15, 0.2) is 5.65 Å². The first-order valence-corrected chi connectivity index (χ1v) is 10.6. The molecule has 0 aliphatic heterocycles. The SMILES string of the molecule is COC(=O)C#Cc1cn(S(=O)(=O)c2ccc(C)cc2)c2ncnc(OCC(C)C)c12. The molecule has 0 bridgehead atoms. The number of esters is 1. The van der Waals surface area contributed by atoms with Crippen molar-refractivity contribution in [1.82, 2.24) is 13.9 Å². The van der Waals surface area contributed by atoms with Crippen molar-refractivity contribution in [2.24, 2.45) is 5.92 Å². The molecule has 3 aromatic rings. The molecule has 0 saturated carbocycles. The highest BCUT2D eigenvalue weighted by Crippen LogP contribution is 2.30. The zero-order valence-electron chi connectivity index (χ0n) is 17.0. The lowest BCUT2D eigenvalue weighted by Crippen LogP contribution is -2.13. The molecule has 8 nitrogen and oxygen atoms in total. The lowest BCUT2D eigenvalue weighted by atomic mass is 10.2. The fourth-order valence-electron chi connectivity index (χ4n) is 2.63. The summed E-state index contributed by atoms with van der Waals surface area (Å²) in [5.74, 6) is 4.63. The van der Waals surface area contributed by atoms with Gasteiger partial charge in [-0.3, -0.25) is 0 Å². The molecule has 0 aliphatic rings. The Morgan fingerprint density at radius 2 is 1.90 bits per heavy atom. The second kappa shape index (κ2) is 8.55. The zero-order chi connectivity index (χ0) is 21.9. The summed E-state index contributed by atoms with van der Waals surface area (Å²) in [4.78, 5) is 19.9. The molecule has 2 heterocycles. The first-order valence-electron chi connectivity index (χ1n) is 9.15. The van der Waals surface area contributed by atoms with Gasteiger partial charge in [0.1, 0.15) is 6.33 Å². The van der Waals surface area contributed by atoms with E-state index in [0.717, 1.165) is 9.54 Å². The summed E-state index contributed by atoms with van der Waals surface area (Å²) >= 11 is 0. The van der Waals surface area contributed by atoms with E-state index in [1.54, 1.807) is 12.1 Å². The second-order valence-electron chi connectivity index (χ2n) is 6.98. The van der Waals surface area contributed by atoms with Crippen LogP contribution in [-0.2, 0) is 19.6 Å². The average Bonchev–Trinajstić information content (AvgIpc) is 3.11. The molecule has 1 aromatic carbocycles. The van der Waals surface area contributed by atoms with Crippen LogP contribution < -0.4 is 4.74 Å². The molecule has 2 aromatic heterocycles. The molecular weight excluding hydrogens is 406 g/mol. The number of ether oxygens (including phenoxy) is 2. The first kappa shape index (κ1) is 21.3. The number of rotatable bonds is 5. The van der Waals surface area contributed by atoms with E-state index in [2.05, 4.69) is 26.5 Å². The van der Waals surface area contributed by atoms with Crippen LogP contribution in [-0.4, -0.2) is 42.0 Å². The Morgan fingerprint density at radius 1 is 1.20 bits per heavy atom. The third kappa shape index (κ3) is 4.28. The van der Waals surface area contributed by atoms with E-state index >= 15 is 0 Å². The summed E-state index contributed by atoms with van der Waals surface area (Å²) in [6.45, 7) is 6.19. The van der Waals surface area contributed by atoms with Gasteiger partial charge in [-0.1, -0.05) is 37.5 Å². The highest BCUT2D eigenvalue weighted by Gasteiger charge is 2.24. The largest absolute Gasteiger partial charge is 0.477 e. The van der Waals surface area contributed by atoms with E-state index in [1.165, 1.54) is 31.8 Å². The van der Waals surface area contributed by atoms with Crippen molar-refractivity contribution in [2.75, 3.05) is 13.7 Å². The monoisotopic (exact) mass is 427 g/mol. The number of aromatic nitrogens is 3. The minimum atomic E-state index is -3.97. The summed E-state index contributed by atoms with van der Waals surface area (Å²) in [5.41, 5.74) is 1.28. The van der Waals surface area contributed by atoms with Crippen molar-refractivity contribution in [2.45, 2.75) is 25.7 Å². The lowest BCUT2D eigenvalue weighted by molar-refractivity contribution is -0.133. The van der Waals surface area contributed by atoms with Gasteiger partial charge >= 0.3 is 5.97 Å². The Hall–Kier alpha value is -3.38. The molecule has 0 N–H and O–H groups in total. The maximum atomic E-state index is 13.3. The van der Waals surface area contributed by atoms with E-state index < -0.39 is 16.0 Å². The minimum absolute atomic E-state index is 0.0979. The second-order valence-corrected chi connectivity index (χ2v) is 8.80. The van der Waals surface area contributed by atoms with Gasteiger partial charge in [0, 0.05) is 12.1 Å². The van der Waals surface area contributed by atoms with Gasteiger partial charge in [-0.25, -0.2) is 27.2 Å². The van der Waals surface area contributed by atoms with Crippen molar-refractivity contribution >= 4 is 27.0 Å². The van der Waals surface area contributed by atoms with Gasteiger partial charge in [0.2, 0.25) is 5.88 Å². The van der Waals surface area contributed by atoms with Crippen LogP contribution in [0.1, 0.15) is 25.0 Å². The van der Waals surface area contributed by atoms with Gasteiger partial charge in [0.05, 0.1) is 29.6 Å². The lowest BCUT2D eigenvalue weighted by Gasteiger charge is -2.09. The number of fused-ring (bicyclic) bond motifs is 1. The summed E-state index contributed by atoms with van der Waals surface area (Å²) in [6.07, 6.45) is 2.55. The highest BCUT2D eigenvalue weighted by molar-refractivity contribution is 7.90. The molecule has 156 valence electrons. The van der Waals surface area contributed by atoms with Crippen LogP contribution in [0.25, 0.3) is 11.0 Å². The van der Waals surface area contributed by atoms with E-state index in [0.29, 0.717) is 12.0 Å². The van der Waals surface area contributed by atoms with Crippen LogP contribution in [0, 0.1) is 24.7 Å². The van der Waals surface area contributed by atoms with Crippen LogP contribution >= 0.6 is 0 Å². The smallest absolute Gasteiger partial charge is 0.384 e. The third-order valence-electron chi connectivity index (χ3n) is 4.13. The van der Waals surface area contributed by atoms with Crippen LogP contribution in [0.5, 0.6) is 5.88 Å². The number of carbonyl (C=O) groups is 1. The predicted octanol–water partition coefficient (Wildman–Crippen LogP) is 2.54. The highest BCUT2D eigenvalue weighted by atomic mass is 32.2.